The Morgan fingerprint density at radius 3 is 2.41 bits per heavy atom. The zero-order valence-electron chi connectivity index (χ0n) is 21.9. The van der Waals surface area contributed by atoms with Crippen molar-refractivity contribution in [2.75, 3.05) is 23.8 Å². The molecule has 0 unspecified atom stereocenters. The van der Waals surface area contributed by atoms with Crippen LogP contribution in [0.3, 0.4) is 0 Å². The fraction of sp³-hybridized carbons (Fsp3) is 0.407. The number of carbonyl (C=O) groups excluding carboxylic acids is 1. The van der Waals surface area contributed by atoms with Gasteiger partial charge in [0.25, 0.3) is 5.91 Å². The monoisotopic (exact) mass is 617 g/mol. The van der Waals surface area contributed by atoms with Crippen molar-refractivity contribution < 1.29 is 39.9 Å². The van der Waals surface area contributed by atoms with Crippen molar-refractivity contribution in [3.8, 4) is 0 Å². The number of thiazole rings is 1. The minimum Gasteiger partial charge on any atom is -0.347 e. The van der Waals surface area contributed by atoms with Gasteiger partial charge in [-0.3, -0.25) is 4.79 Å². The van der Waals surface area contributed by atoms with Crippen molar-refractivity contribution in [3.05, 3.63) is 76.3 Å². The molecule has 1 aromatic heterocycles. The molecule has 0 aliphatic carbocycles. The van der Waals surface area contributed by atoms with E-state index in [4.69, 9.17) is 0 Å². The molecule has 222 valence electrons. The number of ether oxygens (including phenoxy) is 1. The number of amides is 1. The average Bonchev–Trinajstić information content (AvgIpc) is 3.45. The lowest BCUT2D eigenvalue weighted by atomic mass is 9.87. The van der Waals surface area contributed by atoms with Crippen LogP contribution in [0.4, 0.5) is 27.1 Å². The number of piperidine rings is 1. The standard InChI is InChI=1S/C27H28F5N3O4S2/c1-2-41(37,38)22-11-3-17(4-12-22)13-33-24(36)23-14-34-26(40-23)35-15-19(7-10-21(35)16-39-25(28)29)18-5-8-20(9-6-18)27(30,31)32/h3-6,8-9,11-12,14,19,21,25H,2,7,10,13,15-16H2,1H3,(H,33,36)/t19-,21-/m0/s1. The number of aromatic nitrogens is 1. The third-order valence-electron chi connectivity index (χ3n) is 6.91. The van der Waals surface area contributed by atoms with Crippen LogP contribution in [0.5, 0.6) is 0 Å². The summed E-state index contributed by atoms with van der Waals surface area (Å²) in [6.45, 7) is -1.24. The van der Waals surface area contributed by atoms with Crippen LogP contribution in [0.2, 0.25) is 0 Å². The molecule has 2 aromatic carbocycles. The van der Waals surface area contributed by atoms with Gasteiger partial charge >= 0.3 is 12.8 Å². The van der Waals surface area contributed by atoms with Gasteiger partial charge in [0.2, 0.25) is 0 Å². The van der Waals surface area contributed by atoms with E-state index in [2.05, 4.69) is 15.0 Å². The molecule has 4 rings (SSSR count). The molecule has 1 aliphatic heterocycles. The third kappa shape index (κ3) is 7.80. The Labute approximate surface area is 238 Å². The highest BCUT2D eigenvalue weighted by Gasteiger charge is 2.34. The largest absolute Gasteiger partial charge is 0.416 e. The Morgan fingerprint density at radius 2 is 1.80 bits per heavy atom. The second-order valence-electron chi connectivity index (χ2n) is 9.53. The molecule has 41 heavy (non-hydrogen) atoms. The number of rotatable bonds is 10. The van der Waals surface area contributed by atoms with Gasteiger partial charge in [-0.05, 0) is 48.2 Å². The molecule has 1 N–H and O–H groups in total. The van der Waals surface area contributed by atoms with Gasteiger partial charge in [-0.2, -0.15) is 22.0 Å². The number of sulfone groups is 1. The third-order valence-corrected chi connectivity index (χ3v) is 9.69. The normalized spacial score (nSPS) is 18.1. The summed E-state index contributed by atoms with van der Waals surface area (Å²) in [5.74, 6) is -0.620. The molecule has 1 fully saturated rings. The summed E-state index contributed by atoms with van der Waals surface area (Å²) in [6, 6.07) is 10.6. The molecule has 2 atom stereocenters. The first-order chi connectivity index (χ1) is 19.4. The van der Waals surface area contributed by atoms with Gasteiger partial charge in [0, 0.05) is 19.0 Å². The molecule has 7 nitrogen and oxygen atoms in total. The second-order valence-corrected chi connectivity index (χ2v) is 12.8. The van der Waals surface area contributed by atoms with Crippen LogP contribution < -0.4 is 10.2 Å². The van der Waals surface area contributed by atoms with E-state index in [1.807, 2.05) is 0 Å². The molecule has 1 amide bonds. The van der Waals surface area contributed by atoms with E-state index in [-0.39, 0.29) is 34.6 Å². The predicted molar refractivity (Wildman–Crippen MR) is 144 cm³/mol. The zero-order valence-corrected chi connectivity index (χ0v) is 23.5. The second kappa shape index (κ2) is 12.8. The van der Waals surface area contributed by atoms with E-state index in [1.54, 1.807) is 24.0 Å². The maximum absolute atomic E-state index is 13.0. The quantitative estimate of drug-likeness (QED) is 0.286. The minimum atomic E-state index is -4.45. The lowest BCUT2D eigenvalue weighted by Gasteiger charge is -2.39. The summed E-state index contributed by atoms with van der Waals surface area (Å²) in [5, 5.41) is 3.16. The highest BCUT2D eigenvalue weighted by atomic mass is 32.2. The molecule has 0 radical (unpaired) electrons. The van der Waals surface area contributed by atoms with Gasteiger partial charge in [-0.15, -0.1) is 0 Å². The Balaban J connectivity index is 1.45. The van der Waals surface area contributed by atoms with Crippen molar-refractivity contribution in [2.45, 2.75) is 56.0 Å². The number of alkyl halides is 5. The SMILES string of the molecule is CCS(=O)(=O)c1ccc(CNC(=O)c2cnc(N3C[C@@H](c4ccc(C(F)(F)F)cc4)CC[C@H]3COC(F)F)s2)cc1. The number of hydrogen-bond acceptors (Lipinski definition) is 7. The molecule has 2 heterocycles. The smallest absolute Gasteiger partial charge is 0.347 e. The molecule has 14 heteroatoms. The lowest BCUT2D eigenvalue weighted by molar-refractivity contribution is -0.137. The van der Waals surface area contributed by atoms with E-state index < -0.39 is 40.1 Å². The molecular weight excluding hydrogens is 589 g/mol. The number of benzene rings is 2. The number of halogens is 5. The zero-order chi connectivity index (χ0) is 29.8. The summed E-state index contributed by atoms with van der Waals surface area (Å²) in [6.07, 6.45) is -2.09. The average molecular weight is 618 g/mol. The summed E-state index contributed by atoms with van der Waals surface area (Å²) >= 11 is 1.06. The van der Waals surface area contributed by atoms with E-state index in [0.717, 1.165) is 23.5 Å². The Morgan fingerprint density at radius 1 is 1.12 bits per heavy atom. The van der Waals surface area contributed by atoms with Crippen LogP contribution >= 0.6 is 11.3 Å². The van der Waals surface area contributed by atoms with Crippen LogP contribution in [-0.4, -0.2) is 50.9 Å². The number of anilines is 1. The highest BCUT2D eigenvalue weighted by Crippen LogP contribution is 2.37. The maximum Gasteiger partial charge on any atom is 0.416 e. The van der Waals surface area contributed by atoms with Crippen molar-refractivity contribution in [3.63, 3.8) is 0 Å². The summed E-state index contributed by atoms with van der Waals surface area (Å²) in [4.78, 5) is 19.4. The van der Waals surface area contributed by atoms with E-state index >= 15 is 0 Å². The van der Waals surface area contributed by atoms with Gasteiger partial charge < -0.3 is 15.0 Å². The van der Waals surface area contributed by atoms with Crippen LogP contribution in [0.25, 0.3) is 0 Å². The predicted octanol–water partition coefficient (Wildman–Crippen LogP) is 5.88. The molecule has 1 saturated heterocycles. The van der Waals surface area contributed by atoms with Gasteiger partial charge in [0.15, 0.2) is 15.0 Å². The van der Waals surface area contributed by atoms with Crippen LogP contribution in [-0.2, 0) is 27.3 Å². The van der Waals surface area contributed by atoms with Crippen LogP contribution in [0.15, 0.2) is 59.6 Å². The first-order valence-corrected chi connectivity index (χ1v) is 15.2. The van der Waals surface area contributed by atoms with Crippen LogP contribution in [0.1, 0.15) is 52.0 Å². The molecule has 0 saturated carbocycles. The van der Waals surface area contributed by atoms with Gasteiger partial charge in [0.05, 0.1) is 35.1 Å². The van der Waals surface area contributed by atoms with Gasteiger partial charge in [-0.1, -0.05) is 42.5 Å². The van der Waals surface area contributed by atoms with Crippen molar-refractivity contribution in [1.82, 2.24) is 10.3 Å². The highest BCUT2D eigenvalue weighted by molar-refractivity contribution is 7.91. The van der Waals surface area contributed by atoms with Crippen molar-refractivity contribution in [1.29, 1.82) is 0 Å². The summed E-state index contributed by atoms with van der Waals surface area (Å²) in [5.41, 5.74) is 0.621. The number of nitrogens with one attached hydrogen (secondary N) is 1. The van der Waals surface area contributed by atoms with Crippen molar-refractivity contribution >= 4 is 32.2 Å². The minimum absolute atomic E-state index is 0.0198. The van der Waals surface area contributed by atoms with Gasteiger partial charge in [-0.25, -0.2) is 13.4 Å². The lowest BCUT2D eigenvalue weighted by Crippen LogP contribution is -2.45. The van der Waals surface area contributed by atoms with Crippen LogP contribution in [0, 0.1) is 0 Å². The Kier molecular flexibility index (Phi) is 9.65. The Bertz CT molecular complexity index is 1430. The molecule has 0 spiro atoms. The fourth-order valence-corrected chi connectivity index (χ4v) is 6.39. The maximum atomic E-state index is 13.0. The Hall–Kier alpha value is -3.10. The van der Waals surface area contributed by atoms with E-state index in [0.29, 0.717) is 35.6 Å². The van der Waals surface area contributed by atoms with Crippen molar-refractivity contribution in [2.24, 2.45) is 0 Å². The molecule has 3 aromatic rings. The fourth-order valence-electron chi connectivity index (χ4n) is 4.59. The number of carbonyl (C=O) groups is 1. The molecule has 0 bridgehead atoms. The molecule has 1 aliphatic rings. The first-order valence-electron chi connectivity index (χ1n) is 12.8. The topological polar surface area (TPSA) is 88.6 Å². The molecular formula is C27H28F5N3O4S2. The van der Waals surface area contributed by atoms with E-state index in [9.17, 15) is 35.2 Å². The van der Waals surface area contributed by atoms with Gasteiger partial charge in [0.1, 0.15) is 4.88 Å². The summed E-state index contributed by atoms with van der Waals surface area (Å²) < 4.78 is 93.1. The number of hydrogen-bond donors (Lipinski definition) is 1. The number of nitrogens with zero attached hydrogens (tertiary/aromatic N) is 2. The van der Waals surface area contributed by atoms with E-state index in [1.165, 1.54) is 30.5 Å². The first kappa shape index (κ1) is 30.8. The summed E-state index contributed by atoms with van der Waals surface area (Å²) in [7, 11) is -3.33.